The molecule has 30 heavy (non-hydrogen) atoms. The summed E-state index contributed by atoms with van der Waals surface area (Å²) in [7, 11) is 1.73. The molecule has 0 radical (unpaired) electrons. The van der Waals surface area contributed by atoms with Gasteiger partial charge in [0.25, 0.3) is 0 Å². The Bertz CT molecular complexity index is 984. The SMILES string of the molecule is CN=C(NCc1ccc(-n2nc(C)cc2C)nc1)NCc1ncc(C(C)(C)C)o1.I. The van der Waals surface area contributed by atoms with E-state index in [1.807, 2.05) is 42.9 Å². The van der Waals surface area contributed by atoms with Crippen LogP contribution in [0.5, 0.6) is 0 Å². The number of nitrogens with one attached hydrogen (secondary N) is 2. The van der Waals surface area contributed by atoms with Crippen molar-refractivity contribution in [1.82, 2.24) is 30.4 Å². The molecule has 0 fully saturated rings. The fraction of sp³-hybridized carbons (Fsp3) is 0.429. The summed E-state index contributed by atoms with van der Waals surface area (Å²) in [4.78, 5) is 13.1. The molecular weight excluding hydrogens is 493 g/mol. The summed E-state index contributed by atoms with van der Waals surface area (Å²) in [5.74, 6) is 2.98. The van der Waals surface area contributed by atoms with Gasteiger partial charge < -0.3 is 15.1 Å². The minimum absolute atomic E-state index is 0. The van der Waals surface area contributed by atoms with Gasteiger partial charge in [-0.15, -0.1) is 24.0 Å². The van der Waals surface area contributed by atoms with E-state index >= 15 is 0 Å². The van der Waals surface area contributed by atoms with Gasteiger partial charge in [-0.25, -0.2) is 14.6 Å². The molecular formula is C21H30IN7O. The lowest BCUT2D eigenvalue weighted by atomic mass is 9.94. The predicted molar refractivity (Wildman–Crippen MR) is 128 cm³/mol. The van der Waals surface area contributed by atoms with Crippen molar-refractivity contribution in [2.24, 2.45) is 4.99 Å². The topological polar surface area (TPSA) is 93.2 Å². The fourth-order valence-electron chi connectivity index (χ4n) is 2.81. The lowest BCUT2D eigenvalue weighted by Gasteiger charge is -2.13. The van der Waals surface area contributed by atoms with Crippen LogP contribution < -0.4 is 10.6 Å². The van der Waals surface area contributed by atoms with Gasteiger partial charge in [-0.05, 0) is 31.5 Å². The largest absolute Gasteiger partial charge is 0.443 e. The van der Waals surface area contributed by atoms with E-state index in [1.54, 1.807) is 13.2 Å². The molecule has 3 heterocycles. The molecule has 0 aliphatic carbocycles. The Hall–Kier alpha value is -2.43. The summed E-state index contributed by atoms with van der Waals surface area (Å²) < 4.78 is 7.64. The van der Waals surface area contributed by atoms with Crippen LogP contribution in [0.1, 0.15) is 49.4 Å². The highest BCUT2D eigenvalue weighted by molar-refractivity contribution is 14.0. The molecule has 9 heteroatoms. The molecule has 3 aromatic rings. The van der Waals surface area contributed by atoms with Crippen LogP contribution in [-0.2, 0) is 18.5 Å². The number of nitrogens with zero attached hydrogens (tertiary/aromatic N) is 5. The second-order valence-electron chi connectivity index (χ2n) is 8.01. The molecule has 0 aliphatic heterocycles. The third-order valence-corrected chi connectivity index (χ3v) is 4.42. The molecule has 0 bridgehead atoms. The maximum atomic E-state index is 5.80. The molecule has 3 rings (SSSR count). The average molecular weight is 523 g/mol. The first-order valence-electron chi connectivity index (χ1n) is 9.64. The molecule has 8 nitrogen and oxygen atoms in total. The van der Waals surface area contributed by atoms with Gasteiger partial charge in [-0.2, -0.15) is 5.10 Å². The van der Waals surface area contributed by atoms with Gasteiger partial charge in [0.2, 0.25) is 5.89 Å². The van der Waals surface area contributed by atoms with Gasteiger partial charge in [-0.3, -0.25) is 4.99 Å². The van der Waals surface area contributed by atoms with Crippen molar-refractivity contribution in [2.75, 3.05) is 7.05 Å². The first-order chi connectivity index (χ1) is 13.8. The maximum Gasteiger partial charge on any atom is 0.213 e. The average Bonchev–Trinajstić information content (AvgIpc) is 3.28. The molecule has 0 saturated heterocycles. The number of halogens is 1. The Kier molecular flexibility index (Phi) is 7.99. The summed E-state index contributed by atoms with van der Waals surface area (Å²) in [6.07, 6.45) is 3.62. The standard InChI is InChI=1S/C21H29N7O.HI/c1-14-9-15(2)28(27-14)18-8-7-16(10-23-18)11-25-20(22-6)26-13-19-24-12-17(29-19)21(3,4)5;/h7-10,12H,11,13H2,1-6H3,(H2,22,25,26);1H. The van der Waals surface area contributed by atoms with Crippen LogP contribution in [0.4, 0.5) is 0 Å². The summed E-state index contributed by atoms with van der Waals surface area (Å²) in [6.45, 7) is 11.3. The lowest BCUT2D eigenvalue weighted by molar-refractivity contribution is 0.379. The molecule has 0 atom stereocenters. The highest BCUT2D eigenvalue weighted by atomic mass is 127. The molecule has 0 spiro atoms. The van der Waals surface area contributed by atoms with Gasteiger partial charge in [0.15, 0.2) is 11.8 Å². The molecule has 162 valence electrons. The van der Waals surface area contributed by atoms with E-state index < -0.39 is 0 Å². The van der Waals surface area contributed by atoms with E-state index in [4.69, 9.17) is 4.42 Å². The number of aliphatic imine (C=N–C) groups is 1. The van der Waals surface area contributed by atoms with E-state index in [0.29, 0.717) is 24.9 Å². The molecule has 0 saturated carbocycles. The highest BCUT2D eigenvalue weighted by Crippen LogP contribution is 2.22. The van der Waals surface area contributed by atoms with Crippen LogP contribution in [-0.4, -0.2) is 32.8 Å². The third kappa shape index (κ3) is 6.04. The van der Waals surface area contributed by atoms with E-state index in [9.17, 15) is 0 Å². The summed E-state index contributed by atoms with van der Waals surface area (Å²) >= 11 is 0. The molecule has 0 unspecified atom stereocenters. The second-order valence-corrected chi connectivity index (χ2v) is 8.01. The molecule has 0 aromatic carbocycles. The van der Waals surface area contributed by atoms with Crippen LogP contribution in [0, 0.1) is 13.8 Å². The van der Waals surface area contributed by atoms with Crippen molar-refractivity contribution in [3.63, 3.8) is 0 Å². The van der Waals surface area contributed by atoms with Gasteiger partial charge in [0, 0.05) is 30.9 Å². The Morgan fingerprint density at radius 2 is 1.83 bits per heavy atom. The van der Waals surface area contributed by atoms with Crippen LogP contribution in [0.15, 0.2) is 40.0 Å². The maximum absolute atomic E-state index is 5.80. The van der Waals surface area contributed by atoms with Crippen molar-refractivity contribution in [3.8, 4) is 5.82 Å². The predicted octanol–water partition coefficient (Wildman–Crippen LogP) is 3.65. The van der Waals surface area contributed by atoms with Crippen LogP contribution in [0.25, 0.3) is 5.82 Å². The Morgan fingerprint density at radius 1 is 1.10 bits per heavy atom. The Labute approximate surface area is 194 Å². The van der Waals surface area contributed by atoms with E-state index in [1.165, 1.54) is 0 Å². The van der Waals surface area contributed by atoms with E-state index in [0.717, 1.165) is 28.5 Å². The number of guanidine groups is 1. The fourth-order valence-corrected chi connectivity index (χ4v) is 2.81. The van der Waals surface area contributed by atoms with Gasteiger partial charge >= 0.3 is 0 Å². The van der Waals surface area contributed by atoms with E-state index in [2.05, 4.69) is 51.5 Å². The number of aryl methyl sites for hydroxylation is 2. The monoisotopic (exact) mass is 523 g/mol. The Morgan fingerprint density at radius 3 is 2.37 bits per heavy atom. The zero-order chi connectivity index (χ0) is 21.0. The van der Waals surface area contributed by atoms with Crippen molar-refractivity contribution >= 4 is 29.9 Å². The number of rotatable bonds is 5. The lowest BCUT2D eigenvalue weighted by Crippen LogP contribution is -2.36. The highest BCUT2D eigenvalue weighted by Gasteiger charge is 2.19. The summed E-state index contributed by atoms with van der Waals surface area (Å²) in [6, 6.07) is 6.03. The first kappa shape index (κ1) is 23.8. The van der Waals surface area contributed by atoms with Crippen LogP contribution in [0.2, 0.25) is 0 Å². The molecule has 3 aromatic heterocycles. The van der Waals surface area contributed by atoms with Gasteiger partial charge in [0.05, 0.1) is 18.4 Å². The smallest absolute Gasteiger partial charge is 0.213 e. The number of oxazole rings is 1. The molecule has 0 aliphatic rings. The zero-order valence-electron chi connectivity index (χ0n) is 18.4. The first-order valence-corrected chi connectivity index (χ1v) is 9.64. The quantitative estimate of drug-likeness (QED) is 0.301. The molecule has 2 N–H and O–H groups in total. The normalized spacial score (nSPS) is 11.9. The summed E-state index contributed by atoms with van der Waals surface area (Å²) in [5.41, 5.74) is 3.03. The van der Waals surface area contributed by atoms with Gasteiger partial charge in [0.1, 0.15) is 5.76 Å². The number of hydrogen-bond donors (Lipinski definition) is 2. The van der Waals surface area contributed by atoms with Crippen molar-refractivity contribution in [1.29, 1.82) is 0 Å². The molecule has 0 amide bonds. The van der Waals surface area contributed by atoms with Crippen LogP contribution >= 0.6 is 24.0 Å². The number of aromatic nitrogens is 4. The van der Waals surface area contributed by atoms with Crippen molar-refractivity contribution < 1.29 is 4.42 Å². The zero-order valence-corrected chi connectivity index (χ0v) is 20.7. The third-order valence-electron chi connectivity index (χ3n) is 4.42. The van der Waals surface area contributed by atoms with Crippen molar-refractivity contribution in [2.45, 2.75) is 53.1 Å². The number of hydrogen-bond acceptors (Lipinski definition) is 5. The van der Waals surface area contributed by atoms with Crippen LogP contribution in [0.3, 0.4) is 0 Å². The Balaban J connectivity index is 0.00000320. The number of pyridine rings is 1. The van der Waals surface area contributed by atoms with Gasteiger partial charge in [-0.1, -0.05) is 26.8 Å². The minimum atomic E-state index is -0.0578. The minimum Gasteiger partial charge on any atom is -0.443 e. The second kappa shape index (κ2) is 10.1. The van der Waals surface area contributed by atoms with Crippen molar-refractivity contribution in [3.05, 3.63) is 59.2 Å². The summed E-state index contributed by atoms with van der Waals surface area (Å²) in [5, 5.41) is 11.0. The van der Waals surface area contributed by atoms with E-state index in [-0.39, 0.29) is 29.4 Å².